The number of aliphatic imine (C=N–C) groups is 1. The fraction of sp³-hybridized carbons (Fsp3) is 0.348. The van der Waals surface area contributed by atoms with Crippen LogP contribution in [0.25, 0.3) is 0 Å². The molecule has 0 aromatic carbocycles. The number of aromatic nitrogens is 2. The Bertz CT molecular complexity index is 1030. The van der Waals surface area contributed by atoms with Crippen molar-refractivity contribution in [2.75, 3.05) is 5.32 Å². The molecule has 4 rings (SSSR count). The number of aryl methyl sites for hydroxylation is 1. The van der Waals surface area contributed by atoms with E-state index in [1.807, 2.05) is 38.1 Å². The van der Waals surface area contributed by atoms with Gasteiger partial charge in [0.2, 0.25) is 0 Å². The Hall–Kier alpha value is -3.15. The van der Waals surface area contributed by atoms with E-state index < -0.39 is 5.92 Å². The minimum atomic E-state index is -0.412. The molecule has 6 heteroatoms. The summed E-state index contributed by atoms with van der Waals surface area (Å²) < 4.78 is 0. The van der Waals surface area contributed by atoms with Gasteiger partial charge < -0.3 is 5.32 Å². The summed E-state index contributed by atoms with van der Waals surface area (Å²) in [6, 6.07) is 9.24. The molecule has 2 aromatic heterocycles. The van der Waals surface area contributed by atoms with Crippen molar-refractivity contribution in [2.24, 2.45) is 16.8 Å². The largest absolute Gasteiger partial charge is 0.307 e. The van der Waals surface area contributed by atoms with Crippen molar-refractivity contribution in [3.8, 4) is 0 Å². The molecule has 6 nitrogen and oxygen atoms in total. The lowest BCUT2D eigenvalue weighted by atomic mass is 9.67. The van der Waals surface area contributed by atoms with Gasteiger partial charge in [0.15, 0.2) is 0 Å². The van der Waals surface area contributed by atoms with Crippen LogP contribution in [0.5, 0.6) is 0 Å². The van der Waals surface area contributed by atoms with Gasteiger partial charge in [0.05, 0.1) is 5.92 Å². The Morgan fingerprint density at radius 2 is 1.93 bits per heavy atom. The molecule has 0 saturated heterocycles. The maximum atomic E-state index is 13.3. The number of nitrogens with one attached hydrogen (secondary N) is 1. The normalized spacial score (nSPS) is 24.0. The highest BCUT2D eigenvalue weighted by molar-refractivity contribution is 6.14. The molecule has 1 fully saturated rings. The van der Waals surface area contributed by atoms with Crippen molar-refractivity contribution in [1.29, 1.82) is 0 Å². The van der Waals surface area contributed by atoms with Gasteiger partial charge in [0.25, 0.3) is 5.91 Å². The predicted molar refractivity (Wildman–Crippen MR) is 112 cm³/mol. The second kappa shape index (κ2) is 7.70. The Morgan fingerprint density at radius 1 is 1.10 bits per heavy atom. The standard InChI is InChI=1S/C23H24N4O2/c1-13-10-17-22(18(28)11-13)21(16-7-5-9-24-12-16)20(15(3)26-17)23(29)27-19-8-4-6-14(2)25-19/h4-9,12-13,21-22H,10-11H2,1-3H3,(H,25,27,29)/t13-,21+,22-/m1/s1. The third-order valence-electron chi connectivity index (χ3n) is 5.58. The van der Waals surface area contributed by atoms with Crippen LogP contribution in [0.15, 0.2) is 59.0 Å². The molecule has 2 aromatic rings. The SMILES string of the molecule is CC1=C(C(=O)Nc2cccc(C)n2)[C@H](c2cccnc2)[C@H]2C(=O)C[C@H](C)CC2=N1. The summed E-state index contributed by atoms with van der Waals surface area (Å²) >= 11 is 0. The van der Waals surface area contributed by atoms with Gasteiger partial charge in [-0.1, -0.05) is 19.1 Å². The fourth-order valence-electron chi connectivity index (χ4n) is 4.39. The van der Waals surface area contributed by atoms with E-state index in [0.717, 1.165) is 23.4 Å². The minimum absolute atomic E-state index is 0.142. The molecule has 3 atom stereocenters. The molecule has 1 saturated carbocycles. The Morgan fingerprint density at radius 3 is 2.66 bits per heavy atom. The van der Waals surface area contributed by atoms with Crippen molar-refractivity contribution < 1.29 is 9.59 Å². The van der Waals surface area contributed by atoms with E-state index in [1.54, 1.807) is 18.5 Å². The average molecular weight is 388 g/mol. The molecule has 0 spiro atoms. The van der Waals surface area contributed by atoms with Crippen molar-refractivity contribution in [3.63, 3.8) is 0 Å². The van der Waals surface area contributed by atoms with Gasteiger partial charge in [-0.2, -0.15) is 0 Å². The number of pyridine rings is 2. The third kappa shape index (κ3) is 3.75. The molecule has 0 bridgehead atoms. The van der Waals surface area contributed by atoms with Gasteiger partial charge in [-0.05, 0) is 49.9 Å². The molecular formula is C23H24N4O2. The molecule has 2 aliphatic rings. The number of Topliss-reactive ketones (excluding diaryl/α,β-unsaturated/α-hetero) is 1. The second-order valence-corrected chi connectivity index (χ2v) is 7.94. The molecule has 148 valence electrons. The first-order chi connectivity index (χ1) is 13.9. The van der Waals surface area contributed by atoms with Crippen LogP contribution in [0.1, 0.15) is 43.9 Å². The summed E-state index contributed by atoms with van der Waals surface area (Å²) in [5.74, 6) is -0.178. The molecule has 29 heavy (non-hydrogen) atoms. The van der Waals surface area contributed by atoms with Crippen LogP contribution >= 0.6 is 0 Å². The van der Waals surface area contributed by atoms with E-state index in [4.69, 9.17) is 4.99 Å². The van der Waals surface area contributed by atoms with E-state index in [9.17, 15) is 9.59 Å². The fourth-order valence-corrected chi connectivity index (χ4v) is 4.39. The van der Waals surface area contributed by atoms with Gasteiger partial charge in [0.1, 0.15) is 11.6 Å². The monoisotopic (exact) mass is 388 g/mol. The quantitative estimate of drug-likeness (QED) is 0.865. The molecule has 0 radical (unpaired) electrons. The number of hydrogen-bond donors (Lipinski definition) is 1. The third-order valence-corrected chi connectivity index (χ3v) is 5.58. The van der Waals surface area contributed by atoms with Crippen LogP contribution in [0.3, 0.4) is 0 Å². The number of amides is 1. The molecule has 1 amide bonds. The first-order valence-electron chi connectivity index (χ1n) is 9.90. The molecule has 1 N–H and O–H groups in total. The average Bonchev–Trinajstić information content (AvgIpc) is 2.67. The zero-order valence-electron chi connectivity index (χ0n) is 16.8. The van der Waals surface area contributed by atoms with E-state index in [-0.39, 0.29) is 23.5 Å². The van der Waals surface area contributed by atoms with Crippen LogP contribution in [-0.4, -0.2) is 27.4 Å². The summed E-state index contributed by atoms with van der Waals surface area (Å²) in [5.41, 5.74) is 3.72. The Kier molecular flexibility index (Phi) is 5.09. The van der Waals surface area contributed by atoms with Gasteiger partial charge >= 0.3 is 0 Å². The highest BCUT2D eigenvalue weighted by atomic mass is 16.2. The molecule has 3 heterocycles. The number of fused-ring (bicyclic) bond motifs is 1. The number of ketones is 1. The Labute approximate surface area is 170 Å². The van der Waals surface area contributed by atoms with Gasteiger partial charge in [0, 0.05) is 47.4 Å². The summed E-state index contributed by atoms with van der Waals surface area (Å²) in [5, 5.41) is 2.89. The van der Waals surface area contributed by atoms with E-state index in [0.29, 0.717) is 23.5 Å². The number of anilines is 1. The molecular weight excluding hydrogens is 364 g/mol. The highest BCUT2D eigenvalue weighted by Crippen LogP contribution is 2.43. The molecule has 1 aliphatic carbocycles. The second-order valence-electron chi connectivity index (χ2n) is 7.94. The predicted octanol–water partition coefficient (Wildman–Crippen LogP) is 3.85. The van der Waals surface area contributed by atoms with Crippen molar-refractivity contribution in [3.05, 3.63) is 65.3 Å². The zero-order chi connectivity index (χ0) is 20.5. The summed E-state index contributed by atoms with van der Waals surface area (Å²) in [7, 11) is 0. The first-order valence-corrected chi connectivity index (χ1v) is 9.90. The van der Waals surface area contributed by atoms with Crippen LogP contribution in [0.4, 0.5) is 5.82 Å². The first kappa shape index (κ1) is 19.2. The smallest absolute Gasteiger partial charge is 0.255 e. The molecule has 0 unspecified atom stereocenters. The lowest BCUT2D eigenvalue weighted by Gasteiger charge is -2.37. The van der Waals surface area contributed by atoms with E-state index >= 15 is 0 Å². The van der Waals surface area contributed by atoms with Gasteiger partial charge in [-0.3, -0.25) is 19.6 Å². The van der Waals surface area contributed by atoms with Crippen LogP contribution in [-0.2, 0) is 9.59 Å². The number of nitrogens with zero attached hydrogens (tertiary/aromatic N) is 3. The topological polar surface area (TPSA) is 84.3 Å². The molecule has 1 aliphatic heterocycles. The van der Waals surface area contributed by atoms with E-state index in [2.05, 4.69) is 22.2 Å². The van der Waals surface area contributed by atoms with Crippen molar-refractivity contribution in [2.45, 2.75) is 39.5 Å². The number of hydrogen-bond acceptors (Lipinski definition) is 5. The summed E-state index contributed by atoms with van der Waals surface area (Å²) in [6.07, 6.45) is 4.72. The van der Waals surface area contributed by atoms with Gasteiger partial charge in [-0.25, -0.2) is 4.98 Å². The minimum Gasteiger partial charge on any atom is -0.307 e. The maximum Gasteiger partial charge on any atom is 0.255 e. The number of allylic oxidation sites excluding steroid dienone is 1. The number of rotatable bonds is 3. The van der Waals surface area contributed by atoms with Crippen LogP contribution in [0.2, 0.25) is 0 Å². The van der Waals surface area contributed by atoms with Crippen molar-refractivity contribution in [1.82, 2.24) is 9.97 Å². The number of carbonyl (C=O) groups excluding carboxylic acids is 2. The summed E-state index contributed by atoms with van der Waals surface area (Å²) in [4.78, 5) is 39.7. The van der Waals surface area contributed by atoms with E-state index in [1.165, 1.54) is 0 Å². The maximum absolute atomic E-state index is 13.3. The van der Waals surface area contributed by atoms with Crippen molar-refractivity contribution >= 4 is 23.2 Å². The lowest BCUT2D eigenvalue weighted by molar-refractivity contribution is -0.123. The lowest BCUT2D eigenvalue weighted by Crippen LogP contribution is -2.41. The number of carbonyl (C=O) groups is 2. The van der Waals surface area contributed by atoms with Crippen LogP contribution < -0.4 is 5.32 Å². The highest BCUT2D eigenvalue weighted by Gasteiger charge is 2.44. The van der Waals surface area contributed by atoms with Gasteiger partial charge in [-0.15, -0.1) is 0 Å². The zero-order valence-corrected chi connectivity index (χ0v) is 16.8. The summed E-state index contributed by atoms with van der Waals surface area (Å²) in [6.45, 7) is 5.78. The Balaban J connectivity index is 1.79. The van der Waals surface area contributed by atoms with Crippen LogP contribution in [0, 0.1) is 18.8 Å².